The van der Waals surface area contributed by atoms with Crippen molar-refractivity contribution in [1.82, 2.24) is 10.2 Å². The molecule has 0 atom stereocenters. The topological polar surface area (TPSA) is 112 Å². The van der Waals surface area contributed by atoms with Crippen LogP contribution in [0, 0.1) is 0 Å². The molecule has 1 aromatic carbocycles. The number of carboxylic acid groups (broad SMARTS) is 1. The minimum absolute atomic E-state index is 0.0284. The van der Waals surface area contributed by atoms with Crippen molar-refractivity contribution in [2.24, 2.45) is 0 Å². The number of anilines is 2. The van der Waals surface area contributed by atoms with E-state index in [2.05, 4.69) is 10.2 Å². The third-order valence-corrected chi connectivity index (χ3v) is 2.66. The molecular formula is C12H12N4O3. The van der Waals surface area contributed by atoms with E-state index in [1.165, 1.54) is 36.5 Å². The number of amides is 1. The Morgan fingerprint density at radius 1 is 1.42 bits per heavy atom. The van der Waals surface area contributed by atoms with Crippen molar-refractivity contribution in [2.45, 2.75) is 0 Å². The van der Waals surface area contributed by atoms with Crippen LogP contribution in [0.15, 0.2) is 30.6 Å². The second-order valence-electron chi connectivity index (χ2n) is 3.93. The summed E-state index contributed by atoms with van der Waals surface area (Å²) in [5.74, 6) is -1.50. The van der Waals surface area contributed by atoms with Gasteiger partial charge in [-0.05, 0) is 18.2 Å². The minimum Gasteiger partial charge on any atom is -0.478 e. The molecule has 1 amide bonds. The van der Waals surface area contributed by atoms with Crippen molar-refractivity contribution in [3.63, 3.8) is 0 Å². The molecule has 0 spiro atoms. The highest BCUT2D eigenvalue weighted by molar-refractivity contribution is 6.09. The Morgan fingerprint density at radius 2 is 2.16 bits per heavy atom. The first kappa shape index (κ1) is 12.6. The van der Waals surface area contributed by atoms with Crippen LogP contribution < -0.4 is 10.6 Å². The third-order valence-electron chi connectivity index (χ3n) is 2.66. The summed E-state index contributed by atoms with van der Waals surface area (Å²) in [7, 11) is 1.49. The van der Waals surface area contributed by atoms with Gasteiger partial charge in [0.05, 0.1) is 23.0 Å². The Morgan fingerprint density at radius 3 is 2.74 bits per heavy atom. The molecule has 0 saturated heterocycles. The number of aromatic amines is 1. The SMILES string of the molecule is CN(C(=O)c1cn[nH]c1)c1ccc(N)cc1C(=O)O. The summed E-state index contributed by atoms with van der Waals surface area (Å²) >= 11 is 0. The van der Waals surface area contributed by atoms with Gasteiger partial charge in [-0.15, -0.1) is 0 Å². The first-order valence-electron chi connectivity index (χ1n) is 5.40. The molecule has 2 aromatic rings. The molecule has 0 radical (unpaired) electrons. The summed E-state index contributed by atoms with van der Waals surface area (Å²) in [6.45, 7) is 0. The largest absolute Gasteiger partial charge is 0.478 e. The van der Waals surface area contributed by atoms with Gasteiger partial charge in [0.15, 0.2) is 0 Å². The molecule has 4 N–H and O–H groups in total. The average molecular weight is 260 g/mol. The van der Waals surface area contributed by atoms with E-state index in [0.717, 1.165) is 0 Å². The van der Waals surface area contributed by atoms with Gasteiger partial charge in [0.2, 0.25) is 0 Å². The van der Waals surface area contributed by atoms with E-state index < -0.39 is 5.97 Å². The van der Waals surface area contributed by atoms with Crippen LogP contribution in [-0.4, -0.2) is 34.2 Å². The zero-order valence-electron chi connectivity index (χ0n) is 10.1. The fraction of sp³-hybridized carbons (Fsp3) is 0.0833. The lowest BCUT2D eigenvalue weighted by molar-refractivity contribution is 0.0698. The monoisotopic (exact) mass is 260 g/mol. The van der Waals surface area contributed by atoms with Crippen LogP contribution in [0.5, 0.6) is 0 Å². The van der Waals surface area contributed by atoms with Crippen LogP contribution in [-0.2, 0) is 0 Å². The van der Waals surface area contributed by atoms with Crippen molar-refractivity contribution >= 4 is 23.3 Å². The Hall–Kier alpha value is -2.83. The molecule has 98 valence electrons. The van der Waals surface area contributed by atoms with Crippen LogP contribution >= 0.6 is 0 Å². The lowest BCUT2D eigenvalue weighted by Crippen LogP contribution is -2.27. The molecule has 2 rings (SSSR count). The minimum atomic E-state index is -1.14. The van der Waals surface area contributed by atoms with Gasteiger partial charge in [-0.3, -0.25) is 9.89 Å². The molecule has 0 aliphatic carbocycles. The van der Waals surface area contributed by atoms with Gasteiger partial charge in [0.25, 0.3) is 5.91 Å². The Kier molecular flexibility index (Phi) is 3.19. The molecule has 0 fully saturated rings. The number of carbonyl (C=O) groups excluding carboxylic acids is 1. The van der Waals surface area contributed by atoms with Crippen LogP contribution in [0.4, 0.5) is 11.4 Å². The third kappa shape index (κ3) is 2.39. The first-order valence-corrected chi connectivity index (χ1v) is 5.40. The fourth-order valence-corrected chi connectivity index (χ4v) is 1.69. The van der Waals surface area contributed by atoms with Gasteiger partial charge >= 0.3 is 5.97 Å². The number of hydrogen-bond acceptors (Lipinski definition) is 4. The van der Waals surface area contributed by atoms with E-state index in [1.54, 1.807) is 6.07 Å². The quantitative estimate of drug-likeness (QED) is 0.712. The number of rotatable bonds is 3. The number of aromatic carboxylic acids is 1. The van der Waals surface area contributed by atoms with Gasteiger partial charge in [-0.2, -0.15) is 5.10 Å². The van der Waals surface area contributed by atoms with Crippen LogP contribution in [0.25, 0.3) is 0 Å². The van der Waals surface area contributed by atoms with Crippen molar-refractivity contribution in [2.75, 3.05) is 17.7 Å². The van der Waals surface area contributed by atoms with Crippen molar-refractivity contribution in [1.29, 1.82) is 0 Å². The van der Waals surface area contributed by atoms with E-state index in [4.69, 9.17) is 10.8 Å². The molecule has 1 aromatic heterocycles. The van der Waals surface area contributed by atoms with Gasteiger partial charge < -0.3 is 15.7 Å². The number of hydrogen-bond donors (Lipinski definition) is 3. The number of carbonyl (C=O) groups is 2. The molecule has 0 unspecified atom stereocenters. The van der Waals surface area contributed by atoms with Crippen LogP contribution in [0.3, 0.4) is 0 Å². The normalized spacial score (nSPS) is 10.2. The van der Waals surface area contributed by atoms with E-state index in [-0.39, 0.29) is 17.2 Å². The molecule has 0 aliphatic heterocycles. The highest BCUT2D eigenvalue weighted by atomic mass is 16.4. The van der Waals surface area contributed by atoms with E-state index in [9.17, 15) is 9.59 Å². The molecular weight excluding hydrogens is 248 g/mol. The number of H-pyrrole nitrogens is 1. The van der Waals surface area contributed by atoms with E-state index in [1.807, 2.05) is 0 Å². The predicted molar refractivity (Wildman–Crippen MR) is 69.1 cm³/mol. The van der Waals surface area contributed by atoms with E-state index in [0.29, 0.717) is 11.3 Å². The number of aromatic nitrogens is 2. The van der Waals surface area contributed by atoms with E-state index >= 15 is 0 Å². The fourth-order valence-electron chi connectivity index (χ4n) is 1.69. The van der Waals surface area contributed by atoms with Gasteiger partial charge in [-0.25, -0.2) is 4.79 Å². The molecule has 7 nitrogen and oxygen atoms in total. The van der Waals surface area contributed by atoms with Gasteiger partial charge in [0, 0.05) is 18.9 Å². The molecule has 1 heterocycles. The summed E-state index contributed by atoms with van der Waals surface area (Å²) in [5.41, 5.74) is 6.46. The van der Waals surface area contributed by atoms with Crippen LogP contribution in [0.1, 0.15) is 20.7 Å². The Balaban J connectivity index is 2.41. The van der Waals surface area contributed by atoms with Crippen LogP contribution in [0.2, 0.25) is 0 Å². The summed E-state index contributed by atoms with van der Waals surface area (Å²) < 4.78 is 0. The molecule has 19 heavy (non-hydrogen) atoms. The zero-order chi connectivity index (χ0) is 14.0. The van der Waals surface area contributed by atoms with Crippen molar-refractivity contribution in [3.8, 4) is 0 Å². The number of nitrogen functional groups attached to an aromatic ring is 1. The maximum Gasteiger partial charge on any atom is 0.337 e. The standard InChI is InChI=1S/C12H12N4O3/c1-16(11(17)7-5-14-15-6-7)10-3-2-8(13)4-9(10)12(18)19/h2-6H,13H2,1H3,(H,14,15)(H,18,19). The second-order valence-corrected chi connectivity index (χ2v) is 3.93. The molecule has 7 heteroatoms. The van der Waals surface area contributed by atoms with Crippen molar-refractivity contribution < 1.29 is 14.7 Å². The number of nitrogens with zero attached hydrogens (tertiary/aromatic N) is 2. The predicted octanol–water partition coefficient (Wildman–Crippen LogP) is 0.967. The summed E-state index contributed by atoms with van der Waals surface area (Å²) in [5, 5.41) is 15.4. The highest BCUT2D eigenvalue weighted by Gasteiger charge is 2.20. The smallest absolute Gasteiger partial charge is 0.337 e. The van der Waals surface area contributed by atoms with Gasteiger partial charge in [0.1, 0.15) is 0 Å². The first-order chi connectivity index (χ1) is 9.00. The molecule has 0 aliphatic rings. The lowest BCUT2D eigenvalue weighted by atomic mass is 10.1. The Labute approximate surface area is 108 Å². The highest BCUT2D eigenvalue weighted by Crippen LogP contribution is 2.23. The number of nitrogens with two attached hydrogens (primary N) is 1. The van der Waals surface area contributed by atoms with Gasteiger partial charge in [-0.1, -0.05) is 0 Å². The maximum atomic E-state index is 12.1. The second kappa shape index (κ2) is 4.81. The summed E-state index contributed by atoms with van der Waals surface area (Å²) in [6, 6.07) is 4.36. The summed E-state index contributed by atoms with van der Waals surface area (Å²) in [4.78, 5) is 24.5. The number of benzene rings is 1. The number of nitrogens with one attached hydrogen (secondary N) is 1. The average Bonchev–Trinajstić information content (AvgIpc) is 2.90. The maximum absolute atomic E-state index is 12.1. The molecule has 0 saturated carbocycles. The Bertz CT molecular complexity index is 622. The van der Waals surface area contributed by atoms with Crippen molar-refractivity contribution in [3.05, 3.63) is 41.7 Å². The lowest BCUT2D eigenvalue weighted by Gasteiger charge is -2.18. The zero-order valence-corrected chi connectivity index (χ0v) is 10.1. The molecule has 0 bridgehead atoms. The number of carboxylic acids is 1. The summed E-state index contributed by atoms with van der Waals surface area (Å²) in [6.07, 6.45) is 2.81.